The summed E-state index contributed by atoms with van der Waals surface area (Å²) in [6.45, 7) is 15.0. The number of allylic oxidation sites excluding steroid dienone is 6. The Kier molecular flexibility index (Phi) is 6.92. The molecule has 0 unspecified atom stereocenters. The Morgan fingerprint density at radius 3 is 2.25 bits per heavy atom. The molecule has 0 saturated carbocycles. The predicted molar refractivity (Wildman–Crippen MR) is 102 cm³/mol. The van der Waals surface area contributed by atoms with Gasteiger partial charge in [-0.2, -0.15) is 0 Å². The SMILES string of the molecule is C=C/C=C\C(=C)C(=C)/C(=C\C=C)C(=O)Nc1ccc(C(=N)N)cc1. The van der Waals surface area contributed by atoms with Crippen molar-refractivity contribution in [2.75, 3.05) is 5.32 Å². The lowest BCUT2D eigenvalue weighted by Crippen LogP contribution is -2.16. The Morgan fingerprint density at radius 2 is 1.75 bits per heavy atom. The van der Waals surface area contributed by atoms with Crippen LogP contribution in [-0.4, -0.2) is 11.7 Å². The van der Waals surface area contributed by atoms with Gasteiger partial charge in [0.1, 0.15) is 5.84 Å². The van der Waals surface area contributed by atoms with E-state index in [1.54, 1.807) is 48.6 Å². The molecule has 0 heterocycles. The van der Waals surface area contributed by atoms with Crippen LogP contribution in [0.4, 0.5) is 5.69 Å². The minimum atomic E-state index is -0.330. The van der Waals surface area contributed by atoms with Crippen molar-refractivity contribution in [1.29, 1.82) is 5.41 Å². The largest absolute Gasteiger partial charge is 0.384 e. The van der Waals surface area contributed by atoms with Crippen molar-refractivity contribution in [3.8, 4) is 0 Å². The summed E-state index contributed by atoms with van der Waals surface area (Å²) in [5.74, 6) is -0.359. The zero-order valence-electron chi connectivity index (χ0n) is 13.5. The Balaban J connectivity index is 2.97. The topological polar surface area (TPSA) is 79.0 Å². The maximum absolute atomic E-state index is 12.5. The third-order valence-corrected chi connectivity index (χ3v) is 3.13. The third kappa shape index (κ3) is 5.10. The fraction of sp³-hybridized carbons (Fsp3) is 0. The maximum atomic E-state index is 12.5. The molecule has 4 N–H and O–H groups in total. The van der Waals surface area contributed by atoms with Crippen molar-refractivity contribution in [1.82, 2.24) is 0 Å². The highest BCUT2D eigenvalue weighted by Crippen LogP contribution is 2.20. The van der Waals surface area contributed by atoms with Crippen molar-refractivity contribution < 1.29 is 4.79 Å². The summed E-state index contributed by atoms with van der Waals surface area (Å²) in [4.78, 5) is 12.5. The van der Waals surface area contributed by atoms with Crippen LogP contribution in [0.1, 0.15) is 5.56 Å². The lowest BCUT2D eigenvalue weighted by atomic mass is 9.99. The molecule has 0 aliphatic heterocycles. The van der Waals surface area contributed by atoms with Gasteiger partial charge in [-0.1, -0.05) is 50.6 Å². The molecule has 0 spiro atoms. The molecule has 0 aliphatic rings. The minimum Gasteiger partial charge on any atom is -0.384 e. The van der Waals surface area contributed by atoms with Crippen LogP contribution in [0.2, 0.25) is 0 Å². The van der Waals surface area contributed by atoms with Crippen LogP contribution < -0.4 is 11.1 Å². The van der Waals surface area contributed by atoms with Crippen LogP contribution in [0.5, 0.6) is 0 Å². The summed E-state index contributed by atoms with van der Waals surface area (Å²) in [6.07, 6.45) is 8.16. The van der Waals surface area contributed by atoms with Crippen LogP contribution in [0, 0.1) is 5.41 Å². The molecule has 24 heavy (non-hydrogen) atoms. The fourth-order valence-corrected chi connectivity index (χ4v) is 1.82. The second kappa shape index (κ2) is 8.90. The number of carbonyl (C=O) groups excluding carboxylic acids is 1. The van der Waals surface area contributed by atoms with Gasteiger partial charge < -0.3 is 11.1 Å². The number of rotatable bonds is 8. The number of carbonyl (C=O) groups is 1. The first-order valence-electron chi connectivity index (χ1n) is 7.17. The average molecular weight is 319 g/mol. The Labute approximate surface area is 142 Å². The zero-order valence-corrected chi connectivity index (χ0v) is 13.5. The molecule has 122 valence electrons. The Bertz CT molecular complexity index is 750. The van der Waals surface area contributed by atoms with Gasteiger partial charge in [-0.05, 0) is 41.5 Å². The molecule has 0 fully saturated rings. The molecule has 1 rings (SSSR count). The smallest absolute Gasteiger partial charge is 0.256 e. The molecule has 1 aromatic carbocycles. The minimum absolute atomic E-state index is 0.0289. The molecule has 0 aromatic heterocycles. The standard InChI is InChI=1S/C20H21N3O/c1-5-7-9-14(3)15(4)18(8-6-2)20(24)23-17-12-10-16(11-13-17)19(21)22/h5-13H,1-4H2,(H3,21,22)(H,23,24)/b9-7-,18-8+. The summed E-state index contributed by atoms with van der Waals surface area (Å²) >= 11 is 0. The fourth-order valence-electron chi connectivity index (χ4n) is 1.82. The van der Waals surface area contributed by atoms with E-state index in [0.29, 0.717) is 28.0 Å². The number of benzene rings is 1. The molecule has 1 aromatic rings. The summed E-state index contributed by atoms with van der Waals surface area (Å²) in [5.41, 5.74) is 8.03. The van der Waals surface area contributed by atoms with Crippen LogP contribution in [0.25, 0.3) is 0 Å². The van der Waals surface area contributed by atoms with E-state index in [9.17, 15) is 4.79 Å². The lowest BCUT2D eigenvalue weighted by Gasteiger charge is -2.12. The normalized spacial score (nSPS) is 10.9. The van der Waals surface area contributed by atoms with Gasteiger partial charge in [-0.3, -0.25) is 10.2 Å². The van der Waals surface area contributed by atoms with E-state index in [-0.39, 0.29) is 11.7 Å². The molecular formula is C20H21N3O. The van der Waals surface area contributed by atoms with Crippen LogP contribution in [0.3, 0.4) is 0 Å². The van der Waals surface area contributed by atoms with Crippen molar-refractivity contribution >= 4 is 17.4 Å². The van der Waals surface area contributed by atoms with E-state index in [1.807, 2.05) is 0 Å². The van der Waals surface area contributed by atoms with Gasteiger partial charge in [0.2, 0.25) is 0 Å². The lowest BCUT2D eigenvalue weighted by molar-refractivity contribution is -0.112. The number of amides is 1. The van der Waals surface area contributed by atoms with Crippen molar-refractivity contribution in [3.05, 3.63) is 103 Å². The van der Waals surface area contributed by atoms with E-state index in [0.717, 1.165) is 0 Å². The van der Waals surface area contributed by atoms with E-state index in [2.05, 4.69) is 31.6 Å². The summed E-state index contributed by atoms with van der Waals surface area (Å²) in [7, 11) is 0. The van der Waals surface area contributed by atoms with Gasteiger partial charge in [0.25, 0.3) is 5.91 Å². The van der Waals surface area contributed by atoms with Crippen LogP contribution >= 0.6 is 0 Å². The molecule has 0 radical (unpaired) electrons. The van der Waals surface area contributed by atoms with E-state index in [1.165, 1.54) is 6.08 Å². The van der Waals surface area contributed by atoms with E-state index >= 15 is 0 Å². The van der Waals surface area contributed by atoms with Crippen molar-refractivity contribution in [2.45, 2.75) is 0 Å². The van der Waals surface area contributed by atoms with Gasteiger partial charge in [0.05, 0.1) is 0 Å². The van der Waals surface area contributed by atoms with Crippen LogP contribution in [-0.2, 0) is 4.79 Å². The number of amidine groups is 1. The van der Waals surface area contributed by atoms with Gasteiger partial charge in [-0.25, -0.2) is 0 Å². The number of nitrogen functional groups attached to an aromatic ring is 1. The first-order valence-corrected chi connectivity index (χ1v) is 7.17. The van der Waals surface area contributed by atoms with Gasteiger partial charge in [-0.15, -0.1) is 0 Å². The van der Waals surface area contributed by atoms with E-state index < -0.39 is 0 Å². The molecule has 1 amide bonds. The Hall–Kier alpha value is -3.40. The first-order chi connectivity index (χ1) is 11.4. The monoisotopic (exact) mass is 319 g/mol. The average Bonchev–Trinajstić information content (AvgIpc) is 2.57. The quantitative estimate of drug-likeness (QED) is 0.294. The summed E-state index contributed by atoms with van der Waals surface area (Å²) in [6, 6.07) is 6.68. The van der Waals surface area contributed by atoms with E-state index in [4.69, 9.17) is 11.1 Å². The highest BCUT2D eigenvalue weighted by atomic mass is 16.1. The highest BCUT2D eigenvalue weighted by Gasteiger charge is 2.14. The highest BCUT2D eigenvalue weighted by molar-refractivity contribution is 6.08. The van der Waals surface area contributed by atoms with Gasteiger partial charge >= 0.3 is 0 Å². The predicted octanol–water partition coefficient (Wildman–Crippen LogP) is 3.88. The number of anilines is 1. The third-order valence-electron chi connectivity index (χ3n) is 3.13. The molecule has 0 bridgehead atoms. The molecule has 0 aliphatic carbocycles. The second-order valence-electron chi connectivity index (χ2n) is 4.86. The summed E-state index contributed by atoms with van der Waals surface area (Å²) < 4.78 is 0. The summed E-state index contributed by atoms with van der Waals surface area (Å²) in [5, 5.41) is 10.1. The van der Waals surface area contributed by atoms with Crippen molar-refractivity contribution in [2.24, 2.45) is 5.73 Å². The second-order valence-corrected chi connectivity index (χ2v) is 4.86. The molecule has 4 heteroatoms. The van der Waals surface area contributed by atoms with Crippen LogP contribution in [0.15, 0.2) is 97.7 Å². The zero-order chi connectivity index (χ0) is 18.1. The molecule has 0 saturated heterocycles. The first kappa shape index (κ1) is 18.6. The number of hydrogen-bond donors (Lipinski definition) is 3. The van der Waals surface area contributed by atoms with Gasteiger partial charge in [0.15, 0.2) is 0 Å². The number of nitrogens with two attached hydrogens (primary N) is 1. The number of nitrogens with one attached hydrogen (secondary N) is 2. The molecular weight excluding hydrogens is 298 g/mol. The maximum Gasteiger partial charge on any atom is 0.256 e. The van der Waals surface area contributed by atoms with Gasteiger partial charge in [0, 0.05) is 16.8 Å². The Morgan fingerprint density at radius 1 is 1.12 bits per heavy atom. The molecule has 4 nitrogen and oxygen atoms in total. The van der Waals surface area contributed by atoms with Crippen molar-refractivity contribution in [3.63, 3.8) is 0 Å². The number of hydrogen-bond acceptors (Lipinski definition) is 2. The molecule has 0 atom stereocenters.